The lowest BCUT2D eigenvalue weighted by Gasteiger charge is -2.12. The number of hydrogen-bond donors (Lipinski definition) is 4. The molecule has 56 heavy (non-hydrogen) atoms. The molecule has 8 rings (SSSR count). The summed E-state index contributed by atoms with van der Waals surface area (Å²) in [5, 5.41) is 30.9. The van der Waals surface area contributed by atoms with Gasteiger partial charge in [0.15, 0.2) is 0 Å². The van der Waals surface area contributed by atoms with Gasteiger partial charge in [0.1, 0.15) is 90.6 Å². The molecule has 0 spiro atoms. The van der Waals surface area contributed by atoms with Gasteiger partial charge < -0.3 is 34.9 Å². The predicted octanol–water partition coefficient (Wildman–Crippen LogP) is 7.04. The fourth-order valence-electron chi connectivity index (χ4n) is 5.51. The van der Waals surface area contributed by atoms with Crippen molar-refractivity contribution in [3.05, 3.63) is 127 Å². The van der Waals surface area contributed by atoms with E-state index < -0.39 is 11.6 Å². The second-order valence-corrected chi connectivity index (χ2v) is 12.5. The molecular weight excluding hydrogens is 724 g/mol. The minimum absolute atomic E-state index is 0.00494. The number of benzene rings is 4. The summed E-state index contributed by atoms with van der Waals surface area (Å²) in [7, 11) is 1.90. The van der Waals surface area contributed by atoms with Crippen LogP contribution in [0.1, 0.15) is 17.0 Å². The van der Waals surface area contributed by atoms with Gasteiger partial charge >= 0.3 is 0 Å². The number of imidazole rings is 1. The fraction of sp³-hybridized carbons (Fsp3) is 0.154. The van der Waals surface area contributed by atoms with E-state index in [4.69, 9.17) is 9.47 Å². The normalized spacial score (nSPS) is 10.9. The van der Waals surface area contributed by atoms with E-state index in [-0.39, 0.29) is 22.9 Å². The minimum Gasteiger partial charge on any atom is -0.508 e. The van der Waals surface area contributed by atoms with Gasteiger partial charge in [-0.05, 0) is 61.4 Å². The van der Waals surface area contributed by atoms with Crippen LogP contribution in [0.5, 0.6) is 23.0 Å². The Morgan fingerprint density at radius 2 is 1.27 bits per heavy atom. The molecule has 4 heterocycles. The molecule has 0 amide bonds. The summed E-state index contributed by atoms with van der Waals surface area (Å²) >= 11 is 0. The second kappa shape index (κ2) is 16.3. The van der Waals surface area contributed by atoms with E-state index in [9.17, 15) is 19.0 Å². The number of anilines is 4. The third-order valence-corrected chi connectivity index (χ3v) is 8.64. The average molecular weight is 760 g/mol. The van der Waals surface area contributed by atoms with Gasteiger partial charge in [-0.15, -0.1) is 0 Å². The van der Waals surface area contributed by atoms with E-state index in [0.29, 0.717) is 75.8 Å². The zero-order valence-corrected chi connectivity index (χ0v) is 30.4. The smallest absolute Gasteiger partial charge is 0.147 e. The standard InChI is InChI=1S/C20H18FN5O2.C19H17FN6O2/c1-12-7-15(21)17(9-18(12)27)25-20-14-4-3-13(8-16(14)23-11-24-20)28-10-19-22-5-6-26(19)2;1-12-6-15(20)17(8-18(12)27)25-19-14-3-2-13(7-16(14)22-10-23-19)28-5-4-26-11-21-9-24-26/h3-9,11,27H,10H2,1-2H3,(H,23,24,25);2-3,6-11,27H,4-5H2,1H3,(H,22,23,25). The summed E-state index contributed by atoms with van der Waals surface area (Å²) in [6.45, 7) is 4.60. The number of aromatic hydroxyl groups is 2. The summed E-state index contributed by atoms with van der Waals surface area (Å²) in [6, 6.07) is 16.0. The Morgan fingerprint density at radius 1 is 0.696 bits per heavy atom. The zero-order chi connectivity index (χ0) is 39.2. The van der Waals surface area contributed by atoms with Crippen LogP contribution in [-0.2, 0) is 20.2 Å². The summed E-state index contributed by atoms with van der Waals surface area (Å²) in [6.07, 6.45) is 9.43. The quantitative estimate of drug-likeness (QED) is 0.106. The Morgan fingerprint density at radius 3 is 1.79 bits per heavy atom. The molecule has 0 saturated carbocycles. The topological polar surface area (TPSA) is 183 Å². The van der Waals surface area contributed by atoms with Crippen LogP contribution in [0.15, 0.2) is 98.4 Å². The Labute approximate surface area is 318 Å². The Hall–Kier alpha value is -7.43. The number of fused-ring (bicyclic) bond motifs is 2. The third kappa shape index (κ3) is 8.52. The number of halogens is 2. The van der Waals surface area contributed by atoms with Crippen LogP contribution in [0.4, 0.5) is 31.8 Å². The Kier molecular flexibility index (Phi) is 10.7. The van der Waals surface area contributed by atoms with Gasteiger partial charge in [0.05, 0.1) is 29.0 Å². The van der Waals surface area contributed by atoms with Crippen molar-refractivity contribution in [1.29, 1.82) is 0 Å². The molecule has 0 unspecified atom stereocenters. The van der Waals surface area contributed by atoms with E-state index in [1.807, 2.05) is 17.8 Å². The van der Waals surface area contributed by atoms with Crippen LogP contribution >= 0.6 is 0 Å². The van der Waals surface area contributed by atoms with E-state index in [0.717, 1.165) is 5.82 Å². The molecular formula is C39H35F2N11O4. The largest absolute Gasteiger partial charge is 0.508 e. The molecule has 0 bridgehead atoms. The van der Waals surface area contributed by atoms with E-state index in [2.05, 4.69) is 45.6 Å². The van der Waals surface area contributed by atoms with Crippen molar-refractivity contribution in [3.8, 4) is 23.0 Å². The Balaban J connectivity index is 0.000000172. The van der Waals surface area contributed by atoms with Crippen molar-refractivity contribution in [2.75, 3.05) is 17.2 Å². The van der Waals surface area contributed by atoms with Crippen LogP contribution in [0, 0.1) is 25.5 Å². The van der Waals surface area contributed by atoms with Gasteiger partial charge in [-0.1, -0.05) is 0 Å². The lowest BCUT2D eigenvalue weighted by atomic mass is 10.2. The summed E-state index contributed by atoms with van der Waals surface area (Å²) < 4.78 is 43.5. The lowest BCUT2D eigenvalue weighted by Crippen LogP contribution is -2.08. The number of hydrogen-bond acceptors (Lipinski definition) is 13. The monoisotopic (exact) mass is 759 g/mol. The van der Waals surface area contributed by atoms with Crippen LogP contribution < -0.4 is 20.1 Å². The molecule has 4 aromatic carbocycles. The molecule has 0 atom stereocenters. The summed E-state index contributed by atoms with van der Waals surface area (Å²) in [5.41, 5.74) is 2.49. The molecule has 8 aromatic rings. The van der Waals surface area contributed by atoms with Gasteiger partial charge in [0, 0.05) is 54.5 Å². The van der Waals surface area contributed by atoms with E-state index >= 15 is 0 Å². The molecule has 0 aliphatic rings. The highest BCUT2D eigenvalue weighted by molar-refractivity contribution is 5.92. The van der Waals surface area contributed by atoms with Gasteiger partial charge in [-0.25, -0.2) is 43.4 Å². The van der Waals surface area contributed by atoms with Crippen LogP contribution in [0.2, 0.25) is 0 Å². The van der Waals surface area contributed by atoms with Gasteiger partial charge in [0.25, 0.3) is 0 Å². The van der Waals surface area contributed by atoms with Gasteiger partial charge in [-0.2, -0.15) is 5.10 Å². The first-order valence-corrected chi connectivity index (χ1v) is 17.2. The molecule has 284 valence electrons. The fourth-order valence-corrected chi connectivity index (χ4v) is 5.51. The SMILES string of the molecule is Cc1cc(F)c(Nc2ncnc3cc(OCCn4cncn4)ccc23)cc1O.Cc1cc(F)c(Nc2ncnc3cc(OCc4nccn4C)ccc23)cc1O. The highest BCUT2D eigenvalue weighted by Crippen LogP contribution is 2.32. The summed E-state index contributed by atoms with van der Waals surface area (Å²) in [5.74, 6) is 2.02. The minimum atomic E-state index is -0.477. The first-order chi connectivity index (χ1) is 27.1. The third-order valence-electron chi connectivity index (χ3n) is 8.64. The maximum Gasteiger partial charge on any atom is 0.147 e. The van der Waals surface area contributed by atoms with Crippen LogP contribution in [0.25, 0.3) is 21.8 Å². The lowest BCUT2D eigenvalue weighted by molar-refractivity contribution is 0.291. The maximum atomic E-state index is 14.2. The van der Waals surface area contributed by atoms with Gasteiger partial charge in [-0.3, -0.25) is 0 Å². The molecule has 15 nitrogen and oxygen atoms in total. The highest BCUT2D eigenvalue weighted by atomic mass is 19.1. The number of aryl methyl sites for hydroxylation is 3. The number of aromatic nitrogens is 9. The molecule has 0 aliphatic heterocycles. The molecule has 4 aromatic heterocycles. The number of phenols is 2. The Bertz CT molecular complexity index is 2640. The highest BCUT2D eigenvalue weighted by Gasteiger charge is 2.13. The first kappa shape index (κ1) is 36.9. The second-order valence-electron chi connectivity index (χ2n) is 12.5. The van der Waals surface area contributed by atoms with Crippen molar-refractivity contribution in [3.63, 3.8) is 0 Å². The maximum absolute atomic E-state index is 14.2. The predicted molar refractivity (Wildman–Crippen MR) is 204 cm³/mol. The average Bonchev–Trinajstić information content (AvgIpc) is 3.87. The number of nitrogens with one attached hydrogen (secondary N) is 2. The van der Waals surface area contributed by atoms with Crippen LogP contribution in [-0.4, -0.2) is 61.1 Å². The molecule has 0 saturated heterocycles. The number of nitrogens with zero attached hydrogens (tertiary/aromatic N) is 9. The molecule has 0 aliphatic carbocycles. The van der Waals surface area contributed by atoms with Crippen molar-refractivity contribution < 1.29 is 28.5 Å². The molecule has 0 radical (unpaired) electrons. The van der Waals surface area contributed by atoms with Crippen LogP contribution in [0.3, 0.4) is 0 Å². The number of ether oxygens (including phenoxy) is 2. The molecule has 0 fully saturated rings. The van der Waals surface area contributed by atoms with Crippen molar-refractivity contribution >= 4 is 44.8 Å². The van der Waals surface area contributed by atoms with E-state index in [1.165, 1.54) is 43.2 Å². The van der Waals surface area contributed by atoms with Crippen molar-refractivity contribution in [2.45, 2.75) is 27.0 Å². The molecule has 4 N–H and O–H groups in total. The first-order valence-electron chi connectivity index (χ1n) is 17.2. The van der Waals surface area contributed by atoms with Crippen molar-refractivity contribution in [1.82, 2.24) is 44.3 Å². The van der Waals surface area contributed by atoms with E-state index in [1.54, 1.807) is 67.5 Å². The van der Waals surface area contributed by atoms with Crippen molar-refractivity contribution in [2.24, 2.45) is 7.05 Å². The molecule has 17 heteroatoms. The van der Waals surface area contributed by atoms with Gasteiger partial charge in [0.2, 0.25) is 0 Å². The number of rotatable bonds is 11. The summed E-state index contributed by atoms with van der Waals surface area (Å²) in [4.78, 5) is 25.0. The zero-order valence-electron chi connectivity index (χ0n) is 30.4. The number of phenolic OH excluding ortho intramolecular Hbond substituents is 2.